The Bertz CT molecular complexity index is 1390. The number of nitrogens with one attached hydrogen (secondary N) is 2. The summed E-state index contributed by atoms with van der Waals surface area (Å²) in [5.74, 6) is -1.62. The minimum atomic E-state index is -2.71. The molecule has 2 heterocycles. The third-order valence-corrected chi connectivity index (χ3v) is 4.97. The molecule has 0 unspecified atom stereocenters. The van der Waals surface area contributed by atoms with Crippen LogP contribution in [0, 0.1) is 5.82 Å². The summed E-state index contributed by atoms with van der Waals surface area (Å²) in [6.07, 6.45) is 1.96. The number of primary amides is 2. The number of pyridine rings is 1. The lowest BCUT2D eigenvalue weighted by atomic mass is 10.2. The molecule has 11 nitrogen and oxygen atoms in total. The normalized spacial score (nSPS) is 10.8. The van der Waals surface area contributed by atoms with E-state index in [1.165, 1.54) is 36.1 Å². The number of fused-ring (bicyclic) bond motifs is 1. The molecule has 39 heavy (non-hydrogen) atoms. The monoisotopic (exact) mass is 551 g/mol. The van der Waals surface area contributed by atoms with E-state index in [-0.39, 0.29) is 30.3 Å². The molecule has 0 spiro atoms. The molecule has 2 aromatic heterocycles. The number of nitrogens with zero attached hydrogens (tertiary/aromatic N) is 1. The number of hydrogen-bond donors (Lipinski definition) is 4. The highest BCUT2D eigenvalue weighted by Gasteiger charge is 2.13. The van der Waals surface area contributed by atoms with Crippen LogP contribution in [0.15, 0.2) is 53.5 Å². The van der Waals surface area contributed by atoms with Gasteiger partial charge in [0.1, 0.15) is 23.9 Å². The number of rotatable bonds is 11. The molecule has 0 radical (unpaired) electrons. The zero-order chi connectivity index (χ0) is 28.9. The van der Waals surface area contributed by atoms with Crippen molar-refractivity contribution in [3.05, 3.63) is 70.5 Å². The second kappa shape index (κ2) is 14.9. The van der Waals surface area contributed by atoms with Crippen molar-refractivity contribution in [3.8, 4) is 5.75 Å². The van der Waals surface area contributed by atoms with Crippen molar-refractivity contribution in [1.82, 2.24) is 9.55 Å². The molecule has 3 aromatic rings. The highest BCUT2D eigenvalue weighted by atomic mass is 19.3. The number of hydrogen-bond acceptors (Lipinski definition) is 6. The van der Waals surface area contributed by atoms with Crippen LogP contribution in [0.5, 0.6) is 5.75 Å². The number of carbonyl (C=O) groups excluding carboxylic acids is 3. The third-order valence-electron chi connectivity index (χ3n) is 4.97. The van der Waals surface area contributed by atoms with Crippen LogP contribution in [0.1, 0.15) is 25.0 Å². The van der Waals surface area contributed by atoms with Gasteiger partial charge in [-0.05, 0) is 43.2 Å². The molecule has 0 fully saturated rings. The number of aromatic amines is 1. The van der Waals surface area contributed by atoms with Gasteiger partial charge in [-0.25, -0.2) is 18.0 Å². The lowest BCUT2D eigenvalue weighted by molar-refractivity contribution is -0.116. The molecule has 0 aliphatic heterocycles. The number of alkyl halides is 2. The average Bonchev–Trinajstić information content (AvgIpc) is 3.27. The van der Waals surface area contributed by atoms with Gasteiger partial charge in [-0.2, -0.15) is 0 Å². The van der Waals surface area contributed by atoms with Crippen molar-refractivity contribution < 1.29 is 37.0 Å². The van der Waals surface area contributed by atoms with Crippen molar-refractivity contribution in [2.45, 2.75) is 32.2 Å². The van der Waals surface area contributed by atoms with E-state index in [9.17, 15) is 32.3 Å². The van der Waals surface area contributed by atoms with Gasteiger partial charge in [-0.1, -0.05) is 6.08 Å². The first kappa shape index (κ1) is 30.5. The fraction of sp³-hybridized carbons (Fsp3) is 0.280. The molecule has 1 aromatic carbocycles. The highest BCUT2D eigenvalue weighted by Crippen LogP contribution is 2.28. The Morgan fingerprint density at radius 1 is 1.21 bits per heavy atom. The summed E-state index contributed by atoms with van der Waals surface area (Å²) in [4.78, 5) is 47.9. The quantitative estimate of drug-likeness (QED) is 0.211. The number of allylic oxidation sites excluding steroid dienone is 1. The number of carbonyl (C=O) groups is 3. The first-order valence-corrected chi connectivity index (χ1v) is 11.5. The number of methoxy groups -OCH3 is 1. The first-order chi connectivity index (χ1) is 18.5. The molecule has 3 amide bonds. The summed E-state index contributed by atoms with van der Waals surface area (Å²) in [5, 5.41) is 2.97. The Hall–Kier alpha value is -4.75. The maximum absolute atomic E-state index is 13.9. The van der Waals surface area contributed by atoms with Gasteiger partial charge < -0.3 is 35.8 Å². The first-order valence-electron chi connectivity index (χ1n) is 11.5. The molecule has 0 aliphatic rings. The Labute approximate surface area is 220 Å². The molecule has 0 atom stereocenters. The van der Waals surface area contributed by atoms with Crippen LogP contribution in [0.2, 0.25) is 0 Å². The van der Waals surface area contributed by atoms with Gasteiger partial charge in [0.2, 0.25) is 11.8 Å². The number of amides is 3. The summed E-state index contributed by atoms with van der Waals surface area (Å²) in [7, 11) is 1.22. The number of H-pyrrole nitrogens is 1. The molecule has 3 rings (SSSR count). The van der Waals surface area contributed by atoms with E-state index in [2.05, 4.69) is 20.8 Å². The minimum absolute atomic E-state index is 0.0550. The number of unbranched alkanes of at least 4 members (excludes halogenated alkanes) is 1. The smallest absolute Gasteiger partial charge is 0.404 e. The molecule has 210 valence electrons. The van der Waals surface area contributed by atoms with E-state index in [1.54, 1.807) is 18.2 Å². The zero-order valence-corrected chi connectivity index (χ0v) is 20.9. The van der Waals surface area contributed by atoms with E-state index in [1.807, 2.05) is 0 Å². The SMILES string of the molecule is COC(N)=O.NC(=O)/C=C/CCCC(=O)Nc1cccn(Cc2cc3cc(F)cc(OCC(F)F)c3[nH]2)c1=O. The van der Waals surface area contributed by atoms with E-state index < -0.39 is 36.4 Å². The van der Waals surface area contributed by atoms with Gasteiger partial charge in [-0.3, -0.25) is 14.4 Å². The second-order valence-corrected chi connectivity index (χ2v) is 7.99. The molecule has 14 heteroatoms. The number of anilines is 1. The van der Waals surface area contributed by atoms with E-state index in [0.29, 0.717) is 29.4 Å². The summed E-state index contributed by atoms with van der Waals surface area (Å²) in [6.45, 7) is -0.819. The summed E-state index contributed by atoms with van der Waals surface area (Å²) in [6, 6.07) is 6.89. The van der Waals surface area contributed by atoms with E-state index in [4.69, 9.17) is 10.5 Å². The summed E-state index contributed by atoms with van der Waals surface area (Å²) in [5.41, 5.74) is 9.89. The van der Waals surface area contributed by atoms with Crippen LogP contribution < -0.4 is 27.1 Å². The Kier molecular flexibility index (Phi) is 11.6. The van der Waals surface area contributed by atoms with Crippen molar-refractivity contribution in [2.24, 2.45) is 11.5 Å². The molecule has 0 aliphatic carbocycles. The third kappa shape index (κ3) is 10.3. The number of nitrogens with two attached hydrogens (primary N) is 2. The summed E-state index contributed by atoms with van der Waals surface area (Å²) >= 11 is 0. The van der Waals surface area contributed by atoms with Crippen molar-refractivity contribution in [3.63, 3.8) is 0 Å². The van der Waals surface area contributed by atoms with Gasteiger partial charge in [0.05, 0.1) is 19.2 Å². The molecule has 0 bridgehead atoms. The molecule has 0 saturated heterocycles. The Balaban J connectivity index is 0.000000976. The molecular formula is C25H28F3N5O6. The van der Waals surface area contributed by atoms with Gasteiger partial charge in [0.25, 0.3) is 12.0 Å². The van der Waals surface area contributed by atoms with Crippen LogP contribution in [0.4, 0.5) is 23.7 Å². The topological polar surface area (TPSA) is 172 Å². The second-order valence-electron chi connectivity index (χ2n) is 7.99. The predicted octanol–water partition coefficient (Wildman–Crippen LogP) is 3.02. The standard InChI is InChI=1S/C23H23F3N4O4.C2H5NO2/c24-15-9-14-10-16(28-22(14)18(11-15)34-13-19(25)26)12-30-8-4-5-17(23(30)33)29-21(32)7-3-1-2-6-20(27)31;1-5-2(3)4/h2,4-6,8-11,19,28H,1,3,7,12-13H2,(H2,27,31)(H,29,32);1H3,(H2,3,4)/b6-2+;. The average molecular weight is 552 g/mol. The van der Waals surface area contributed by atoms with Crippen LogP contribution in [-0.4, -0.2) is 47.6 Å². The maximum atomic E-state index is 13.9. The van der Waals surface area contributed by atoms with Gasteiger partial charge in [0, 0.05) is 29.8 Å². The molecular weight excluding hydrogens is 523 g/mol. The van der Waals surface area contributed by atoms with Gasteiger partial charge >= 0.3 is 6.09 Å². The largest absolute Gasteiger partial charge is 0.485 e. The van der Waals surface area contributed by atoms with Gasteiger partial charge in [0.15, 0.2) is 0 Å². The van der Waals surface area contributed by atoms with Crippen molar-refractivity contribution in [1.29, 1.82) is 0 Å². The highest BCUT2D eigenvalue weighted by molar-refractivity contribution is 5.90. The number of halogens is 3. The lowest BCUT2D eigenvalue weighted by Crippen LogP contribution is -2.25. The number of aromatic nitrogens is 2. The zero-order valence-electron chi connectivity index (χ0n) is 20.9. The van der Waals surface area contributed by atoms with Crippen LogP contribution >= 0.6 is 0 Å². The van der Waals surface area contributed by atoms with Crippen molar-refractivity contribution in [2.75, 3.05) is 19.0 Å². The van der Waals surface area contributed by atoms with Crippen LogP contribution in [0.3, 0.4) is 0 Å². The lowest BCUT2D eigenvalue weighted by Gasteiger charge is -2.09. The maximum Gasteiger partial charge on any atom is 0.404 e. The van der Waals surface area contributed by atoms with Crippen molar-refractivity contribution >= 4 is 34.5 Å². The molecule has 6 N–H and O–H groups in total. The fourth-order valence-corrected chi connectivity index (χ4v) is 3.32. The fourth-order valence-electron chi connectivity index (χ4n) is 3.32. The predicted molar refractivity (Wildman–Crippen MR) is 137 cm³/mol. The summed E-state index contributed by atoms with van der Waals surface area (Å²) < 4.78 is 49.1. The minimum Gasteiger partial charge on any atom is -0.485 e. The van der Waals surface area contributed by atoms with Gasteiger partial charge in [-0.15, -0.1) is 0 Å². The Morgan fingerprint density at radius 3 is 2.56 bits per heavy atom. The van der Waals surface area contributed by atoms with E-state index >= 15 is 0 Å². The number of ether oxygens (including phenoxy) is 2. The Morgan fingerprint density at radius 2 is 1.92 bits per heavy atom. The number of benzene rings is 1. The van der Waals surface area contributed by atoms with Crippen LogP contribution in [-0.2, 0) is 20.9 Å². The van der Waals surface area contributed by atoms with Crippen LogP contribution in [0.25, 0.3) is 10.9 Å². The van der Waals surface area contributed by atoms with E-state index in [0.717, 1.165) is 6.07 Å². The molecule has 0 saturated carbocycles.